The monoisotopic (exact) mass is 389 g/mol. The van der Waals surface area contributed by atoms with Crippen LogP contribution in [0.5, 0.6) is 0 Å². The summed E-state index contributed by atoms with van der Waals surface area (Å²) in [7, 11) is -1.44. The molecule has 8 nitrogen and oxygen atoms in total. The molecular formula is C15H17F2N3O5S. The van der Waals surface area contributed by atoms with Gasteiger partial charge in [0.25, 0.3) is 0 Å². The molecule has 1 aromatic carbocycles. The molecule has 26 heavy (non-hydrogen) atoms. The average Bonchev–Trinajstić information content (AvgIpc) is 2.99. The van der Waals surface area contributed by atoms with Gasteiger partial charge in [-0.15, -0.1) is 5.10 Å². The Morgan fingerprint density at radius 3 is 2.58 bits per heavy atom. The highest BCUT2D eigenvalue weighted by Crippen LogP contribution is 2.55. The third kappa shape index (κ3) is 3.17. The number of nitrogens with zero attached hydrogens (tertiary/aromatic N) is 1. The van der Waals surface area contributed by atoms with Gasteiger partial charge in [-0.25, -0.2) is 31.8 Å². The summed E-state index contributed by atoms with van der Waals surface area (Å²) in [5.74, 6) is -2.39. The number of hydrogen-bond donors (Lipinski definition) is 3. The number of rotatable bonds is 6. The van der Waals surface area contributed by atoms with Crippen LogP contribution in [-0.4, -0.2) is 31.3 Å². The summed E-state index contributed by atoms with van der Waals surface area (Å²) in [6, 6.07) is 1.90. The molecule has 0 saturated heterocycles. The van der Waals surface area contributed by atoms with Gasteiger partial charge >= 0.3 is 5.76 Å². The minimum absolute atomic E-state index is 0.0324. The Morgan fingerprint density at radius 1 is 1.35 bits per heavy atom. The second-order valence-corrected chi connectivity index (χ2v) is 7.35. The molecule has 0 unspecified atom stereocenters. The molecule has 1 saturated carbocycles. The quantitative estimate of drug-likeness (QED) is 0.628. The maximum absolute atomic E-state index is 14.8. The van der Waals surface area contributed by atoms with Crippen LogP contribution in [0.1, 0.15) is 36.8 Å². The molecule has 1 aliphatic carbocycles. The van der Waals surface area contributed by atoms with Crippen LogP contribution in [0.15, 0.2) is 21.3 Å². The predicted octanol–water partition coefficient (Wildman–Crippen LogP) is 0.742. The lowest BCUT2D eigenvalue weighted by atomic mass is 9.56. The molecule has 0 bridgehead atoms. The molecule has 0 aliphatic heterocycles. The topological polar surface area (TPSA) is 114 Å². The van der Waals surface area contributed by atoms with Gasteiger partial charge in [-0.1, -0.05) is 0 Å². The van der Waals surface area contributed by atoms with Crippen LogP contribution in [0.25, 0.3) is 0 Å². The van der Waals surface area contributed by atoms with E-state index in [2.05, 4.69) is 10.2 Å². The van der Waals surface area contributed by atoms with E-state index in [0.29, 0.717) is 0 Å². The van der Waals surface area contributed by atoms with Crippen molar-refractivity contribution in [3.8, 4) is 0 Å². The van der Waals surface area contributed by atoms with E-state index >= 15 is 0 Å². The zero-order valence-corrected chi connectivity index (χ0v) is 14.9. The highest BCUT2D eigenvalue weighted by molar-refractivity contribution is 7.70. The molecule has 0 radical (unpaired) electrons. The van der Waals surface area contributed by atoms with Crippen LogP contribution in [0.4, 0.5) is 8.78 Å². The van der Waals surface area contributed by atoms with Crippen LogP contribution >= 0.6 is 0 Å². The first-order valence-electron chi connectivity index (χ1n) is 7.66. The summed E-state index contributed by atoms with van der Waals surface area (Å²) < 4.78 is 62.8. The lowest BCUT2D eigenvalue weighted by Gasteiger charge is -2.51. The van der Waals surface area contributed by atoms with Gasteiger partial charge in [0.1, 0.15) is 11.6 Å². The van der Waals surface area contributed by atoms with Gasteiger partial charge in [-0.3, -0.25) is 0 Å². The van der Waals surface area contributed by atoms with Crippen LogP contribution in [0, 0.1) is 11.6 Å². The summed E-state index contributed by atoms with van der Waals surface area (Å²) in [5.41, 5.74) is -1.94. The van der Waals surface area contributed by atoms with E-state index in [4.69, 9.17) is 9.15 Å². The Bertz CT molecular complexity index is 954. The molecule has 1 aliphatic rings. The van der Waals surface area contributed by atoms with Gasteiger partial charge in [0.15, 0.2) is 0 Å². The molecule has 0 atom stereocenters. The van der Waals surface area contributed by atoms with E-state index in [1.54, 1.807) is 6.92 Å². The molecule has 2 N–H and O–H groups in total. The molecule has 142 valence electrons. The van der Waals surface area contributed by atoms with Crippen molar-refractivity contribution in [1.82, 2.24) is 14.9 Å². The second kappa shape index (κ2) is 6.56. The van der Waals surface area contributed by atoms with Crippen LogP contribution in [-0.2, 0) is 27.6 Å². The molecule has 1 fully saturated rings. The van der Waals surface area contributed by atoms with Gasteiger partial charge in [0, 0.05) is 24.8 Å². The molecule has 0 amide bonds. The number of thiol groups is 1. The fourth-order valence-corrected chi connectivity index (χ4v) is 3.80. The minimum atomic E-state index is -2.94. The maximum Gasteiger partial charge on any atom is 0.434 e. The van der Waals surface area contributed by atoms with Crippen molar-refractivity contribution < 1.29 is 26.4 Å². The summed E-state index contributed by atoms with van der Waals surface area (Å²) in [5, 5.41) is 5.93. The molecular weight excluding hydrogens is 372 g/mol. The Labute approximate surface area is 148 Å². The van der Waals surface area contributed by atoms with Crippen molar-refractivity contribution >= 4 is 10.9 Å². The molecule has 2 aromatic rings. The minimum Gasteiger partial charge on any atom is -0.391 e. The first-order valence-corrected chi connectivity index (χ1v) is 8.84. The summed E-state index contributed by atoms with van der Waals surface area (Å²) >= 11 is 0. The molecule has 0 spiro atoms. The Morgan fingerprint density at radius 2 is 2.04 bits per heavy atom. The Balaban J connectivity index is 2.06. The highest BCUT2D eigenvalue weighted by Gasteiger charge is 2.58. The van der Waals surface area contributed by atoms with Crippen molar-refractivity contribution in [2.45, 2.75) is 37.3 Å². The standard InChI is InChI=1S/C15H17F2N3O5S/c1-14(24-2)6-15(7-14,12-19-20-13(21)25-12)9-4-10(16)8(3-11(9)17)5-18-26(22)23/h3-4,26H,5-7H2,1-2H3,(H,20,21)(H,18,22,23)/t14-,15+. The number of methoxy groups -OCH3 is 1. The largest absolute Gasteiger partial charge is 0.434 e. The summed E-state index contributed by atoms with van der Waals surface area (Å²) in [6.07, 6.45) is 0.454. The average molecular weight is 389 g/mol. The van der Waals surface area contributed by atoms with Crippen LogP contribution in [0.3, 0.4) is 0 Å². The molecule has 1 aromatic heterocycles. The third-order valence-corrected chi connectivity index (χ3v) is 5.16. The number of benzene rings is 1. The van der Waals surface area contributed by atoms with Gasteiger partial charge < -0.3 is 9.15 Å². The van der Waals surface area contributed by atoms with E-state index < -0.39 is 39.3 Å². The van der Waals surface area contributed by atoms with Gasteiger partial charge in [0.2, 0.25) is 16.8 Å². The van der Waals surface area contributed by atoms with Crippen molar-refractivity contribution in [3.63, 3.8) is 0 Å². The zero-order chi connectivity index (χ0) is 19.1. The Kier molecular flexibility index (Phi) is 4.71. The number of halogens is 2. The number of ether oxygens (including phenoxy) is 1. The number of aromatic amines is 1. The van der Waals surface area contributed by atoms with Crippen molar-refractivity contribution in [1.29, 1.82) is 0 Å². The number of hydrogen-bond acceptors (Lipinski definition) is 6. The Hall–Kier alpha value is -2.11. The van der Waals surface area contributed by atoms with E-state index in [0.717, 1.165) is 12.1 Å². The van der Waals surface area contributed by atoms with E-state index in [1.165, 1.54) is 7.11 Å². The lowest BCUT2D eigenvalue weighted by Crippen LogP contribution is -2.55. The van der Waals surface area contributed by atoms with Gasteiger partial charge in [0.05, 0.1) is 11.0 Å². The predicted molar refractivity (Wildman–Crippen MR) is 86.1 cm³/mol. The van der Waals surface area contributed by atoms with Gasteiger partial charge in [-0.05, 0) is 31.9 Å². The smallest absolute Gasteiger partial charge is 0.391 e. The van der Waals surface area contributed by atoms with Crippen LogP contribution in [0.2, 0.25) is 0 Å². The zero-order valence-electron chi connectivity index (χ0n) is 14.0. The van der Waals surface area contributed by atoms with Crippen molar-refractivity contribution in [3.05, 3.63) is 51.3 Å². The molecule has 1 heterocycles. The fourth-order valence-electron chi connectivity index (χ4n) is 3.50. The SMILES string of the molecule is CO[C@]1(C)C[C@@](c2n[nH]c(=O)o2)(c2cc(F)c(CN[SH](=O)=O)cc2F)C1. The van der Waals surface area contributed by atoms with Gasteiger partial charge in [-0.2, -0.15) is 0 Å². The number of aromatic nitrogens is 2. The maximum atomic E-state index is 14.8. The van der Waals surface area contributed by atoms with E-state index in [1.807, 2.05) is 4.72 Å². The normalized spacial score (nSPS) is 25.4. The van der Waals surface area contributed by atoms with Crippen LogP contribution < -0.4 is 10.5 Å². The summed E-state index contributed by atoms with van der Waals surface area (Å²) in [6.45, 7) is 1.43. The second-order valence-electron chi connectivity index (χ2n) is 6.52. The molecule has 11 heteroatoms. The first kappa shape index (κ1) is 18.7. The van der Waals surface area contributed by atoms with Crippen molar-refractivity contribution in [2.75, 3.05) is 7.11 Å². The van der Waals surface area contributed by atoms with E-state index in [-0.39, 0.29) is 36.4 Å². The number of nitrogens with one attached hydrogen (secondary N) is 2. The first-order chi connectivity index (χ1) is 12.2. The van der Waals surface area contributed by atoms with Crippen molar-refractivity contribution in [2.24, 2.45) is 0 Å². The fraction of sp³-hybridized carbons (Fsp3) is 0.467. The third-order valence-electron chi connectivity index (χ3n) is 4.74. The lowest BCUT2D eigenvalue weighted by molar-refractivity contribution is -0.101. The van der Waals surface area contributed by atoms with E-state index in [9.17, 15) is 22.0 Å². The molecule has 3 rings (SSSR count). The number of H-pyrrole nitrogens is 1. The highest BCUT2D eigenvalue weighted by atomic mass is 32.2. The summed E-state index contributed by atoms with van der Waals surface area (Å²) in [4.78, 5) is 11.3.